The molecule has 1 fully saturated rings. The second-order valence-corrected chi connectivity index (χ2v) is 5.72. The van der Waals surface area contributed by atoms with Crippen LogP contribution in [0.25, 0.3) is 0 Å². The minimum Gasteiger partial charge on any atom is -0.389 e. The molecule has 0 heterocycles. The van der Waals surface area contributed by atoms with Crippen molar-refractivity contribution in [1.82, 2.24) is 0 Å². The van der Waals surface area contributed by atoms with Crippen molar-refractivity contribution in [3.05, 3.63) is 35.1 Å². The van der Waals surface area contributed by atoms with E-state index in [1.165, 1.54) is 25.3 Å². The summed E-state index contributed by atoms with van der Waals surface area (Å²) in [5.74, 6) is 0.291. The Hall–Kier alpha value is -1.00. The van der Waals surface area contributed by atoms with Crippen LogP contribution in [0.2, 0.25) is 0 Å². The molecule has 1 aliphatic carbocycles. The molecule has 2 atom stereocenters. The molecular weight excluding hydrogens is 261 g/mol. The molecule has 1 saturated carbocycles. The van der Waals surface area contributed by atoms with E-state index in [-0.39, 0.29) is 23.5 Å². The molecule has 2 unspecified atom stereocenters. The van der Waals surface area contributed by atoms with Crippen molar-refractivity contribution in [1.29, 1.82) is 0 Å². The summed E-state index contributed by atoms with van der Waals surface area (Å²) in [6.07, 6.45) is 4.97. The van der Waals surface area contributed by atoms with Crippen molar-refractivity contribution in [2.45, 2.75) is 45.3 Å². The fraction of sp³-hybridized carbons (Fsp3) is 0.533. The molecule has 0 spiro atoms. The zero-order valence-electron chi connectivity index (χ0n) is 11.2. The highest BCUT2D eigenvalue weighted by atomic mass is 32.1. The van der Waals surface area contributed by atoms with Crippen LogP contribution in [0.1, 0.15) is 43.7 Å². The summed E-state index contributed by atoms with van der Waals surface area (Å²) in [6.45, 7) is 2.49. The van der Waals surface area contributed by atoms with Gasteiger partial charge >= 0.3 is 0 Å². The van der Waals surface area contributed by atoms with Crippen LogP contribution in [0.15, 0.2) is 18.2 Å². The van der Waals surface area contributed by atoms with Crippen LogP contribution >= 0.6 is 12.2 Å². The van der Waals surface area contributed by atoms with Gasteiger partial charge in [-0.3, -0.25) is 0 Å². The molecule has 0 aliphatic heterocycles. The van der Waals surface area contributed by atoms with Gasteiger partial charge in [0.1, 0.15) is 10.8 Å². The Morgan fingerprint density at radius 3 is 2.84 bits per heavy atom. The van der Waals surface area contributed by atoms with E-state index >= 15 is 0 Å². The lowest BCUT2D eigenvalue weighted by atomic mass is 9.88. The summed E-state index contributed by atoms with van der Waals surface area (Å²) in [4.78, 5) is 0.285. The maximum atomic E-state index is 13.7. The summed E-state index contributed by atoms with van der Waals surface area (Å²) in [5, 5.41) is 0. The zero-order chi connectivity index (χ0) is 13.8. The highest BCUT2D eigenvalue weighted by Gasteiger charge is 2.22. The van der Waals surface area contributed by atoms with Gasteiger partial charge in [-0.15, -0.1) is 0 Å². The molecule has 0 amide bonds. The number of hydrogen-bond acceptors (Lipinski definition) is 2. The first-order chi connectivity index (χ1) is 9.08. The van der Waals surface area contributed by atoms with E-state index < -0.39 is 0 Å². The van der Waals surface area contributed by atoms with Crippen molar-refractivity contribution in [2.24, 2.45) is 11.7 Å². The maximum absolute atomic E-state index is 13.7. The summed E-state index contributed by atoms with van der Waals surface area (Å²) in [7, 11) is 0. The van der Waals surface area contributed by atoms with Crippen LogP contribution in [-0.4, -0.2) is 11.1 Å². The average Bonchev–Trinajstić information content (AvgIpc) is 2.39. The van der Waals surface area contributed by atoms with Crippen LogP contribution in [0.4, 0.5) is 4.39 Å². The third kappa shape index (κ3) is 3.74. The first kappa shape index (κ1) is 14.4. The summed E-state index contributed by atoms with van der Waals surface area (Å²) < 4.78 is 19.6. The van der Waals surface area contributed by atoms with Gasteiger partial charge in [-0.05, 0) is 37.0 Å². The van der Waals surface area contributed by atoms with Crippen molar-refractivity contribution in [2.75, 3.05) is 0 Å². The summed E-state index contributed by atoms with van der Waals surface area (Å²) in [5.41, 5.74) is 6.78. The number of hydrogen-bond donors (Lipinski definition) is 1. The fourth-order valence-corrected chi connectivity index (χ4v) is 2.69. The molecule has 0 aromatic heterocycles. The number of benzene rings is 1. The predicted molar refractivity (Wildman–Crippen MR) is 78.5 cm³/mol. The van der Waals surface area contributed by atoms with E-state index in [1.54, 1.807) is 12.1 Å². The van der Waals surface area contributed by atoms with Gasteiger partial charge in [0.05, 0.1) is 12.7 Å². The van der Waals surface area contributed by atoms with Crippen LogP contribution < -0.4 is 5.73 Å². The highest BCUT2D eigenvalue weighted by Crippen LogP contribution is 2.27. The average molecular weight is 281 g/mol. The lowest BCUT2D eigenvalue weighted by Crippen LogP contribution is -2.25. The van der Waals surface area contributed by atoms with Crippen molar-refractivity contribution >= 4 is 17.2 Å². The number of thiocarbonyl (C=S) groups is 1. The fourth-order valence-electron chi connectivity index (χ4n) is 2.57. The van der Waals surface area contributed by atoms with Gasteiger partial charge < -0.3 is 10.5 Å². The molecule has 0 bridgehead atoms. The van der Waals surface area contributed by atoms with Gasteiger partial charge in [0, 0.05) is 11.1 Å². The minimum absolute atomic E-state index is 0.238. The van der Waals surface area contributed by atoms with Crippen LogP contribution in [0, 0.1) is 11.7 Å². The zero-order valence-corrected chi connectivity index (χ0v) is 12.0. The number of nitrogens with two attached hydrogens (primary N) is 1. The third-order valence-electron chi connectivity index (χ3n) is 3.82. The lowest BCUT2D eigenvalue weighted by Gasteiger charge is -2.28. The van der Waals surface area contributed by atoms with Crippen molar-refractivity contribution in [3.8, 4) is 0 Å². The first-order valence-electron chi connectivity index (χ1n) is 6.77. The molecule has 1 aromatic carbocycles. The Balaban J connectivity index is 2.02. The first-order valence-corrected chi connectivity index (χ1v) is 7.18. The van der Waals surface area contributed by atoms with Gasteiger partial charge in [-0.25, -0.2) is 4.39 Å². The minimum atomic E-state index is -0.261. The normalized spacial score (nSPS) is 23.3. The quantitative estimate of drug-likeness (QED) is 0.857. The Morgan fingerprint density at radius 2 is 2.16 bits per heavy atom. The largest absolute Gasteiger partial charge is 0.389 e. The topological polar surface area (TPSA) is 35.2 Å². The Labute approximate surface area is 119 Å². The maximum Gasteiger partial charge on any atom is 0.128 e. The van der Waals surface area contributed by atoms with E-state index in [0.29, 0.717) is 17.0 Å². The number of ether oxygens (including phenoxy) is 1. The van der Waals surface area contributed by atoms with E-state index in [4.69, 9.17) is 22.7 Å². The Bertz CT molecular complexity index is 463. The Kier molecular flexibility index (Phi) is 4.88. The van der Waals surface area contributed by atoms with Gasteiger partial charge in [0.2, 0.25) is 0 Å². The molecule has 104 valence electrons. The predicted octanol–water partition coefficient (Wildman–Crippen LogP) is 3.56. The number of halogens is 1. The molecule has 19 heavy (non-hydrogen) atoms. The van der Waals surface area contributed by atoms with Gasteiger partial charge in [-0.2, -0.15) is 0 Å². The summed E-state index contributed by atoms with van der Waals surface area (Å²) in [6, 6.07) is 4.69. The van der Waals surface area contributed by atoms with Crippen LogP contribution in [-0.2, 0) is 11.3 Å². The lowest BCUT2D eigenvalue weighted by molar-refractivity contribution is -0.0164. The molecule has 0 saturated heterocycles. The van der Waals surface area contributed by atoms with Gasteiger partial charge in [0.15, 0.2) is 0 Å². The molecular formula is C15H20FNOS. The van der Waals surface area contributed by atoms with E-state index in [9.17, 15) is 4.39 Å². The van der Waals surface area contributed by atoms with E-state index in [0.717, 1.165) is 6.42 Å². The molecule has 1 aromatic rings. The molecule has 1 aliphatic rings. The van der Waals surface area contributed by atoms with Gasteiger partial charge in [0.25, 0.3) is 0 Å². The highest BCUT2D eigenvalue weighted by molar-refractivity contribution is 7.80. The smallest absolute Gasteiger partial charge is 0.128 e. The van der Waals surface area contributed by atoms with Crippen molar-refractivity contribution < 1.29 is 9.13 Å². The van der Waals surface area contributed by atoms with E-state index in [1.807, 2.05) is 0 Å². The second kappa shape index (κ2) is 6.44. The standard InChI is InChI=1S/C15H20FNOS/c1-10-4-2-3-5-14(10)18-9-12-8-11(15(17)19)6-7-13(12)16/h6-8,10,14H,2-5,9H2,1H3,(H2,17,19). The second-order valence-electron chi connectivity index (χ2n) is 5.28. The van der Waals surface area contributed by atoms with Crippen molar-refractivity contribution in [3.63, 3.8) is 0 Å². The van der Waals surface area contributed by atoms with E-state index in [2.05, 4.69) is 6.92 Å². The molecule has 2 rings (SSSR count). The van der Waals surface area contributed by atoms with Crippen LogP contribution in [0.5, 0.6) is 0 Å². The monoisotopic (exact) mass is 281 g/mol. The van der Waals surface area contributed by atoms with Gasteiger partial charge in [-0.1, -0.05) is 32.0 Å². The molecule has 2 N–H and O–H groups in total. The molecule has 2 nitrogen and oxygen atoms in total. The third-order valence-corrected chi connectivity index (χ3v) is 4.05. The number of rotatable bonds is 4. The Morgan fingerprint density at radius 1 is 1.42 bits per heavy atom. The van der Waals surface area contributed by atoms with Crippen LogP contribution in [0.3, 0.4) is 0 Å². The molecule has 4 heteroatoms. The molecule has 0 radical (unpaired) electrons. The summed E-state index contributed by atoms with van der Waals surface area (Å²) >= 11 is 4.91. The SMILES string of the molecule is CC1CCCCC1OCc1cc(C(N)=S)ccc1F.